The zero-order chi connectivity index (χ0) is 32.4. The summed E-state index contributed by atoms with van der Waals surface area (Å²) in [6, 6.07) is 15.6. The highest BCUT2D eigenvalue weighted by molar-refractivity contribution is 7.92. The molecule has 3 aromatic rings. The van der Waals surface area contributed by atoms with E-state index in [0.29, 0.717) is 24.5 Å². The molecule has 0 radical (unpaired) electrons. The van der Waals surface area contributed by atoms with Gasteiger partial charge in [-0.25, -0.2) is 8.42 Å². The summed E-state index contributed by atoms with van der Waals surface area (Å²) in [4.78, 5) is 28.7. The second-order valence-electron chi connectivity index (χ2n) is 9.89. The van der Waals surface area contributed by atoms with E-state index in [-0.39, 0.29) is 34.5 Å². The third-order valence-corrected chi connectivity index (χ3v) is 8.84. The first-order chi connectivity index (χ1) is 21.0. The minimum atomic E-state index is -4.43. The molecule has 0 bridgehead atoms. The number of hydrogen-bond acceptors (Lipinski definition) is 8. The number of benzene rings is 3. The molecule has 3 rings (SSSR count). The predicted molar refractivity (Wildman–Crippen MR) is 168 cm³/mol. The molecule has 0 spiro atoms. The van der Waals surface area contributed by atoms with Gasteiger partial charge in [0.15, 0.2) is 11.5 Å². The number of nitrogens with one attached hydrogen (secondary N) is 1. The van der Waals surface area contributed by atoms with Crippen LogP contribution in [0.1, 0.15) is 31.4 Å². The zero-order valence-electron chi connectivity index (χ0n) is 26.2. The first-order valence-electron chi connectivity index (χ1n) is 14.1. The summed E-state index contributed by atoms with van der Waals surface area (Å²) in [5, 5.41) is 2.80. The van der Waals surface area contributed by atoms with Gasteiger partial charge >= 0.3 is 0 Å². The maximum atomic E-state index is 14.4. The van der Waals surface area contributed by atoms with Crippen LogP contribution in [0.4, 0.5) is 5.69 Å². The van der Waals surface area contributed by atoms with E-state index in [1.54, 1.807) is 26.0 Å². The number of amides is 2. The first-order valence-corrected chi connectivity index (χ1v) is 15.6. The summed E-state index contributed by atoms with van der Waals surface area (Å²) in [6.45, 7) is 5.38. The Labute approximate surface area is 259 Å². The van der Waals surface area contributed by atoms with E-state index >= 15 is 0 Å². The Hall–Kier alpha value is -4.45. The summed E-state index contributed by atoms with van der Waals surface area (Å²) < 4.78 is 51.3. The van der Waals surface area contributed by atoms with Crippen LogP contribution in [0.5, 0.6) is 23.0 Å². The molecule has 0 aliphatic heterocycles. The van der Waals surface area contributed by atoms with Crippen LogP contribution >= 0.6 is 0 Å². The Bertz CT molecular complexity index is 1540. The van der Waals surface area contributed by atoms with Crippen molar-refractivity contribution in [2.24, 2.45) is 0 Å². The number of carbonyl (C=O) groups is 2. The Morgan fingerprint density at radius 3 is 2.02 bits per heavy atom. The number of likely N-dealkylation sites (N-methyl/N-ethyl adjacent to an activating group) is 1. The number of rotatable bonds is 15. The van der Waals surface area contributed by atoms with Crippen molar-refractivity contribution in [3.05, 3.63) is 71.8 Å². The standard InChI is InChI=1S/C32H41N3O8S/c1-8-26(32(37)33-9-2)34(20-23-12-10-22(3)11-13-23)31(36)21-35(27-18-24(40-4)14-16-28(27)41-5)44(38,39)25-15-17-29(42-6)30(19-25)43-7/h10-19,26H,8-9,20-21H2,1-7H3,(H,33,37)/t26-/m1/s1. The number of aryl methyl sites for hydroxylation is 1. The van der Waals surface area contributed by atoms with Gasteiger partial charge in [-0.2, -0.15) is 0 Å². The van der Waals surface area contributed by atoms with Gasteiger partial charge in [-0.1, -0.05) is 36.8 Å². The summed E-state index contributed by atoms with van der Waals surface area (Å²) >= 11 is 0. The predicted octanol–water partition coefficient (Wildman–Crippen LogP) is 4.17. The van der Waals surface area contributed by atoms with Crippen molar-refractivity contribution in [3.8, 4) is 23.0 Å². The van der Waals surface area contributed by atoms with Crippen molar-refractivity contribution in [3.63, 3.8) is 0 Å². The van der Waals surface area contributed by atoms with Gasteiger partial charge in [-0.3, -0.25) is 13.9 Å². The smallest absolute Gasteiger partial charge is 0.265 e. The highest BCUT2D eigenvalue weighted by Crippen LogP contribution is 2.37. The van der Waals surface area contributed by atoms with Crippen molar-refractivity contribution >= 4 is 27.5 Å². The van der Waals surface area contributed by atoms with Crippen LogP contribution in [-0.2, 0) is 26.2 Å². The lowest BCUT2D eigenvalue weighted by molar-refractivity contribution is -0.140. The van der Waals surface area contributed by atoms with Gasteiger partial charge in [0.1, 0.15) is 24.1 Å². The third kappa shape index (κ3) is 7.73. The van der Waals surface area contributed by atoms with Gasteiger partial charge in [-0.15, -0.1) is 0 Å². The fraction of sp³-hybridized carbons (Fsp3) is 0.375. The average molecular weight is 628 g/mol. The minimum Gasteiger partial charge on any atom is -0.497 e. The van der Waals surface area contributed by atoms with Gasteiger partial charge in [0, 0.05) is 25.2 Å². The molecule has 1 atom stereocenters. The molecular weight excluding hydrogens is 586 g/mol. The Morgan fingerprint density at radius 2 is 1.45 bits per heavy atom. The fourth-order valence-corrected chi connectivity index (χ4v) is 6.14. The van der Waals surface area contributed by atoms with Crippen molar-refractivity contribution in [1.82, 2.24) is 10.2 Å². The van der Waals surface area contributed by atoms with Gasteiger partial charge in [0.2, 0.25) is 11.8 Å². The molecule has 0 aliphatic carbocycles. The second kappa shape index (κ2) is 15.3. The van der Waals surface area contributed by atoms with Crippen LogP contribution in [-0.4, -0.2) is 72.7 Å². The van der Waals surface area contributed by atoms with Crippen LogP contribution in [0.15, 0.2) is 65.6 Å². The molecule has 0 unspecified atom stereocenters. The Kier molecular flexibility index (Phi) is 11.9. The third-order valence-electron chi connectivity index (χ3n) is 7.09. The number of anilines is 1. The van der Waals surface area contributed by atoms with E-state index in [9.17, 15) is 18.0 Å². The molecule has 12 heteroatoms. The largest absolute Gasteiger partial charge is 0.497 e. The van der Waals surface area contributed by atoms with Crippen LogP contribution in [0.3, 0.4) is 0 Å². The van der Waals surface area contributed by atoms with Crippen LogP contribution in [0.25, 0.3) is 0 Å². The van der Waals surface area contributed by atoms with E-state index in [2.05, 4.69) is 5.32 Å². The van der Waals surface area contributed by atoms with Crippen LogP contribution in [0, 0.1) is 6.92 Å². The molecule has 44 heavy (non-hydrogen) atoms. The number of hydrogen-bond donors (Lipinski definition) is 1. The SMILES string of the molecule is CCNC(=O)[C@@H](CC)N(Cc1ccc(C)cc1)C(=O)CN(c1cc(OC)ccc1OC)S(=O)(=O)c1ccc(OC)c(OC)c1. The number of methoxy groups -OCH3 is 4. The van der Waals surface area contributed by atoms with Crippen molar-refractivity contribution < 1.29 is 37.0 Å². The fourth-order valence-electron chi connectivity index (χ4n) is 4.71. The summed E-state index contributed by atoms with van der Waals surface area (Å²) in [7, 11) is 1.27. The molecule has 0 heterocycles. The summed E-state index contributed by atoms with van der Waals surface area (Å²) in [5.74, 6) is 0.168. The van der Waals surface area contributed by atoms with E-state index < -0.39 is 28.5 Å². The second-order valence-corrected chi connectivity index (χ2v) is 11.8. The highest BCUT2D eigenvalue weighted by Gasteiger charge is 2.35. The van der Waals surface area contributed by atoms with Gasteiger partial charge < -0.3 is 29.2 Å². The first kappa shape index (κ1) is 34.0. The lowest BCUT2D eigenvalue weighted by Gasteiger charge is -2.33. The zero-order valence-corrected chi connectivity index (χ0v) is 27.1. The van der Waals surface area contributed by atoms with Gasteiger partial charge in [0.05, 0.1) is 39.0 Å². The number of sulfonamides is 1. The molecule has 238 valence electrons. The summed E-state index contributed by atoms with van der Waals surface area (Å²) in [5.41, 5.74) is 1.91. The lowest BCUT2D eigenvalue weighted by Crippen LogP contribution is -2.52. The molecule has 0 aliphatic rings. The number of nitrogens with zero attached hydrogens (tertiary/aromatic N) is 2. The molecule has 0 saturated carbocycles. The monoisotopic (exact) mass is 627 g/mol. The molecule has 3 aromatic carbocycles. The minimum absolute atomic E-state index is 0.0799. The van der Waals surface area contributed by atoms with E-state index in [0.717, 1.165) is 15.4 Å². The molecule has 0 fully saturated rings. The van der Waals surface area contributed by atoms with Crippen molar-refractivity contribution in [2.75, 3.05) is 45.8 Å². The molecule has 1 N–H and O–H groups in total. The number of ether oxygens (including phenoxy) is 4. The molecular formula is C32H41N3O8S. The molecule has 2 amide bonds. The summed E-state index contributed by atoms with van der Waals surface area (Å²) in [6.07, 6.45) is 0.314. The van der Waals surface area contributed by atoms with E-state index in [1.165, 1.54) is 57.6 Å². The lowest BCUT2D eigenvalue weighted by atomic mass is 10.1. The maximum absolute atomic E-state index is 14.4. The number of carbonyl (C=O) groups excluding carboxylic acids is 2. The normalized spacial score (nSPS) is 11.7. The highest BCUT2D eigenvalue weighted by atomic mass is 32.2. The topological polar surface area (TPSA) is 124 Å². The van der Waals surface area contributed by atoms with Gasteiger partial charge in [0.25, 0.3) is 10.0 Å². The quantitative estimate of drug-likeness (QED) is 0.266. The van der Waals surface area contributed by atoms with Crippen LogP contribution < -0.4 is 28.6 Å². The molecule has 11 nitrogen and oxygen atoms in total. The molecule has 0 aromatic heterocycles. The molecule has 0 saturated heterocycles. The Morgan fingerprint density at radius 1 is 0.818 bits per heavy atom. The maximum Gasteiger partial charge on any atom is 0.265 e. The Balaban J connectivity index is 2.19. The average Bonchev–Trinajstić information content (AvgIpc) is 3.03. The van der Waals surface area contributed by atoms with Crippen molar-refractivity contribution in [2.45, 2.75) is 44.7 Å². The van der Waals surface area contributed by atoms with E-state index in [4.69, 9.17) is 18.9 Å². The van der Waals surface area contributed by atoms with Gasteiger partial charge in [-0.05, 0) is 50.1 Å². The van der Waals surface area contributed by atoms with E-state index in [1.807, 2.05) is 31.2 Å². The van der Waals surface area contributed by atoms with Crippen LogP contribution in [0.2, 0.25) is 0 Å². The van der Waals surface area contributed by atoms with Crippen molar-refractivity contribution in [1.29, 1.82) is 0 Å².